The van der Waals surface area contributed by atoms with Crippen LogP contribution in [0.1, 0.15) is 45.4 Å². The maximum Gasteiger partial charge on any atom is 0.220 e. The van der Waals surface area contributed by atoms with Gasteiger partial charge in [-0.1, -0.05) is 0 Å². The molecule has 0 atom stereocenters. The van der Waals surface area contributed by atoms with Gasteiger partial charge in [0.05, 0.1) is 0 Å². The van der Waals surface area contributed by atoms with Crippen molar-refractivity contribution in [3.63, 3.8) is 0 Å². The number of carbonyl (C=O) groups excluding carboxylic acids is 3. The molecule has 0 rings (SSSR count). The van der Waals surface area contributed by atoms with Gasteiger partial charge in [-0.3, -0.25) is 14.4 Å². The number of carbonyl (C=O) groups is 3. The zero-order chi connectivity index (χ0) is 17.0. The highest BCUT2D eigenvalue weighted by Gasteiger charge is 2.29. The third kappa shape index (κ3) is 7.97. The van der Waals surface area contributed by atoms with Crippen molar-refractivity contribution in [3.05, 3.63) is 0 Å². The van der Waals surface area contributed by atoms with Crippen LogP contribution in [0, 0.1) is 0 Å². The fourth-order valence-electron chi connectivity index (χ4n) is 2.34. The Morgan fingerprint density at radius 1 is 0.773 bits per heavy atom. The molecule has 0 bridgehead atoms. The van der Waals surface area contributed by atoms with Crippen LogP contribution in [0.15, 0.2) is 0 Å². The van der Waals surface area contributed by atoms with Gasteiger partial charge < -0.3 is 21.3 Å². The molecule has 4 N–H and O–H groups in total. The Kier molecular flexibility index (Phi) is 10.2. The number of hydrogen-bond acceptors (Lipinski definition) is 4. The molecule has 0 unspecified atom stereocenters. The number of nitrogens with one attached hydrogen (secondary N) is 4. The van der Waals surface area contributed by atoms with E-state index in [-0.39, 0.29) is 17.7 Å². The zero-order valence-electron chi connectivity index (χ0n) is 14.2. The molecule has 0 spiro atoms. The average Bonchev–Trinajstić information content (AvgIpc) is 2.54. The minimum atomic E-state index is -0.399. The minimum Gasteiger partial charge on any atom is -0.359 e. The van der Waals surface area contributed by atoms with Crippen LogP contribution in [0.3, 0.4) is 0 Å². The van der Waals surface area contributed by atoms with Crippen molar-refractivity contribution >= 4 is 17.7 Å². The normalized spacial score (nSPS) is 10.9. The first kappa shape index (κ1) is 20.4. The van der Waals surface area contributed by atoms with Crippen molar-refractivity contribution in [2.24, 2.45) is 0 Å². The van der Waals surface area contributed by atoms with E-state index < -0.39 is 5.54 Å². The smallest absolute Gasteiger partial charge is 0.220 e. The summed E-state index contributed by atoms with van der Waals surface area (Å²) in [6.07, 6.45) is 2.85. The first-order valence-electron chi connectivity index (χ1n) is 7.79. The summed E-state index contributed by atoms with van der Waals surface area (Å²) >= 11 is 0. The van der Waals surface area contributed by atoms with Crippen LogP contribution in [0.25, 0.3) is 0 Å². The van der Waals surface area contributed by atoms with Crippen molar-refractivity contribution in [1.29, 1.82) is 0 Å². The second-order valence-corrected chi connectivity index (χ2v) is 5.33. The Morgan fingerprint density at radius 3 is 1.50 bits per heavy atom. The Morgan fingerprint density at radius 2 is 1.18 bits per heavy atom. The molecule has 22 heavy (non-hydrogen) atoms. The lowest BCUT2D eigenvalue weighted by Gasteiger charge is -2.33. The van der Waals surface area contributed by atoms with E-state index in [0.29, 0.717) is 45.1 Å². The first-order chi connectivity index (χ1) is 10.4. The van der Waals surface area contributed by atoms with Crippen LogP contribution >= 0.6 is 0 Å². The fraction of sp³-hybridized carbons (Fsp3) is 0.800. The summed E-state index contributed by atoms with van der Waals surface area (Å²) in [4.78, 5) is 34.7. The van der Waals surface area contributed by atoms with Gasteiger partial charge in [0.1, 0.15) is 0 Å². The third-order valence-corrected chi connectivity index (χ3v) is 3.95. The van der Waals surface area contributed by atoms with Crippen molar-refractivity contribution in [2.75, 3.05) is 27.7 Å². The molecule has 0 fully saturated rings. The van der Waals surface area contributed by atoms with Crippen LogP contribution in [0.4, 0.5) is 0 Å². The van der Waals surface area contributed by atoms with Crippen LogP contribution in [-0.2, 0) is 14.4 Å². The molecule has 0 aromatic carbocycles. The van der Waals surface area contributed by atoms with E-state index in [4.69, 9.17) is 0 Å². The van der Waals surface area contributed by atoms with Gasteiger partial charge >= 0.3 is 0 Å². The first-order valence-corrected chi connectivity index (χ1v) is 7.79. The Balaban J connectivity index is 4.77. The molecule has 0 radical (unpaired) electrons. The summed E-state index contributed by atoms with van der Waals surface area (Å²) in [6, 6.07) is 0. The van der Waals surface area contributed by atoms with Gasteiger partial charge in [-0.2, -0.15) is 0 Å². The van der Waals surface area contributed by atoms with Crippen LogP contribution < -0.4 is 21.3 Å². The van der Waals surface area contributed by atoms with Gasteiger partial charge in [-0.25, -0.2) is 0 Å². The highest BCUT2D eigenvalue weighted by molar-refractivity contribution is 5.77. The standard InChI is InChI=1S/C15H30N4O3/c1-5-19-14(22)8-11-15(18-4,9-6-12(20)16-2)10-7-13(21)17-3/h18H,5-11H2,1-4H3,(H,16,20)(H,17,21)(H,19,22). The van der Waals surface area contributed by atoms with E-state index in [1.807, 2.05) is 14.0 Å². The maximum atomic E-state index is 11.7. The molecule has 0 saturated heterocycles. The molecule has 0 aromatic heterocycles. The molecule has 0 saturated carbocycles. The van der Waals surface area contributed by atoms with Gasteiger partial charge in [0.2, 0.25) is 17.7 Å². The summed E-state index contributed by atoms with van der Waals surface area (Å²) in [5.74, 6) is -0.0998. The van der Waals surface area contributed by atoms with Crippen molar-refractivity contribution in [2.45, 2.75) is 51.0 Å². The van der Waals surface area contributed by atoms with E-state index in [9.17, 15) is 14.4 Å². The summed E-state index contributed by atoms with van der Waals surface area (Å²) in [5, 5.41) is 11.2. The van der Waals surface area contributed by atoms with E-state index in [0.717, 1.165) is 0 Å². The van der Waals surface area contributed by atoms with E-state index in [2.05, 4.69) is 21.3 Å². The van der Waals surface area contributed by atoms with Gasteiger partial charge in [0.25, 0.3) is 0 Å². The minimum absolute atomic E-state index is 0.0120. The molecule has 0 aromatic rings. The molecule has 7 heteroatoms. The maximum absolute atomic E-state index is 11.7. The third-order valence-electron chi connectivity index (χ3n) is 3.95. The lowest BCUT2D eigenvalue weighted by Crippen LogP contribution is -2.45. The molecule has 7 nitrogen and oxygen atoms in total. The Hall–Kier alpha value is -1.63. The predicted molar refractivity (Wildman–Crippen MR) is 86.3 cm³/mol. The average molecular weight is 314 g/mol. The molecule has 0 aliphatic heterocycles. The zero-order valence-corrected chi connectivity index (χ0v) is 14.2. The molecular weight excluding hydrogens is 284 g/mol. The molecule has 0 aliphatic rings. The highest BCUT2D eigenvalue weighted by Crippen LogP contribution is 2.25. The molecule has 0 heterocycles. The van der Waals surface area contributed by atoms with Crippen LogP contribution in [0.5, 0.6) is 0 Å². The summed E-state index contributed by atoms with van der Waals surface area (Å²) in [6.45, 7) is 2.47. The Labute approximate surface area is 133 Å². The van der Waals surface area contributed by atoms with Crippen molar-refractivity contribution < 1.29 is 14.4 Å². The fourth-order valence-corrected chi connectivity index (χ4v) is 2.34. The molecular formula is C15H30N4O3. The largest absolute Gasteiger partial charge is 0.359 e. The molecule has 128 valence electrons. The van der Waals surface area contributed by atoms with Gasteiger partial charge in [-0.15, -0.1) is 0 Å². The Bertz CT molecular complexity index is 352. The second-order valence-electron chi connectivity index (χ2n) is 5.33. The second kappa shape index (κ2) is 11.0. The van der Waals surface area contributed by atoms with Gasteiger partial charge in [-0.05, 0) is 33.2 Å². The summed E-state index contributed by atoms with van der Waals surface area (Å²) < 4.78 is 0. The predicted octanol–water partition coefficient (Wildman–Crippen LogP) is -0.0867. The summed E-state index contributed by atoms with van der Waals surface area (Å²) in [5.41, 5.74) is -0.399. The number of amides is 3. The quantitative estimate of drug-likeness (QED) is 0.428. The topological polar surface area (TPSA) is 99.3 Å². The van der Waals surface area contributed by atoms with E-state index in [1.165, 1.54) is 0 Å². The van der Waals surface area contributed by atoms with Gasteiger partial charge in [0, 0.05) is 45.4 Å². The molecule has 0 aliphatic carbocycles. The van der Waals surface area contributed by atoms with Gasteiger partial charge in [0.15, 0.2) is 0 Å². The summed E-state index contributed by atoms with van der Waals surface area (Å²) in [7, 11) is 5.01. The SMILES string of the molecule is CCNC(=O)CCC(CCC(=O)NC)(CCC(=O)NC)NC. The monoisotopic (exact) mass is 314 g/mol. The van der Waals surface area contributed by atoms with Crippen LogP contribution in [0.2, 0.25) is 0 Å². The molecule has 3 amide bonds. The number of rotatable bonds is 11. The number of hydrogen-bond donors (Lipinski definition) is 4. The lowest BCUT2D eigenvalue weighted by molar-refractivity contribution is -0.121. The van der Waals surface area contributed by atoms with Crippen molar-refractivity contribution in [1.82, 2.24) is 21.3 Å². The van der Waals surface area contributed by atoms with Crippen molar-refractivity contribution in [3.8, 4) is 0 Å². The van der Waals surface area contributed by atoms with E-state index in [1.54, 1.807) is 14.1 Å². The van der Waals surface area contributed by atoms with Crippen LogP contribution in [-0.4, -0.2) is 50.9 Å². The van der Waals surface area contributed by atoms with E-state index >= 15 is 0 Å². The highest BCUT2D eigenvalue weighted by atomic mass is 16.2. The lowest BCUT2D eigenvalue weighted by atomic mass is 9.83.